The lowest BCUT2D eigenvalue weighted by Crippen LogP contribution is -2.17. The largest absolute Gasteiger partial charge is 0.453 e. The van der Waals surface area contributed by atoms with Crippen molar-refractivity contribution < 1.29 is 13.9 Å². The molecule has 0 saturated heterocycles. The van der Waals surface area contributed by atoms with E-state index < -0.39 is 11.4 Å². The number of carbonyl (C=O) groups excluding carboxylic acids is 1. The van der Waals surface area contributed by atoms with E-state index in [4.69, 9.17) is 20.8 Å². The minimum atomic E-state index is -0.833. The van der Waals surface area contributed by atoms with E-state index in [0.29, 0.717) is 10.7 Å². The number of hydrogen-bond donors (Lipinski definition) is 0. The van der Waals surface area contributed by atoms with Crippen molar-refractivity contribution >= 4 is 34.2 Å². The molecule has 0 unspecified atom stereocenters. The highest BCUT2D eigenvalue weighted by Gasteiger charge is 2.15. The van der Waals surface area contributed by atoms with Crippen molar-refractivity contribution in [2.45, 2.75) is 13.5 Å². The van der Waals surface area contributed by atoms with Gasteiger partial charge < -0.3 is 9.15 Å². The number of aromatic nitrogens is 2. The molecule has 0 radical (unpaired) electrons. The summed E-state index contributed by atoms with van der Waals surface area (Å²) in [6, 6.07) is 10.4. The minimum absolute atomic E-state index is 0.223. The molecule has 3 heterocycles. The Hall–Kier alpha value is -3.45. The smallest absolute Gasteiger partial charge is 0.374 e. The van der Waals surface area contributed by atoms with Crippen LogP contribution in [0.15, 0.2) is 62.7 Å². The van der Waals surface area contributed by atoms with E-state index in [1.165, 1.54) is 22.6 Å². The van der Waals surface area contributed by atoms with Crippen LogP contribution >= 0.6 is 11.6 Å². The number of esters is 1. The van der Waals surface area contributed by atoms with Crippen LogP contribution in [0.3, 0.4) is 0 Å². The number of pyridine rings is 1. The number of hydrogen-bond acceptors (Lipinski definition) is 6. The van der Waals surface area contributed by atoms with Gasteiger partial charge in [-0.15, -0.1) is 0 Å². The number of nitrogens with zero attached hydrogens (tertiary/aromatic N) is 2. The predicted molar refractivity (Wildman–Crippen MR) is 103 cm³/mol. The van der Waals surface area contributed by atoms with Crippen LogP contribution < -0.4 is 11.0 Å². The highest BCUT2D eigenvalue weighted by Crippen LogP contribution is 2.18. The molecule has 0 aliphatic carbocycles. The third-order valence-electron chi connectivity index (χ3n) is 4.10. The summed E-state index contributed by atoms with van der Waals surface area (Å²) in [6.45, 7) is 1.63. The van der Waals surface area contributed by atoms with Crippen LogP contribution in [0.5, 0.6) is 0 Å². The van der Waals surface area contributed by atoms with Gasteiger partial charge in [0.1, 0.15) is 17.8 Å². The normalized spacial score (nSPS) is 11.1. The molecule has 0 atom stereocenters. The molecule has 0 N–H and O–H groups in total. The van der Waals surface area contributed by atoms with Crippen molar-refractivity contribution in [3.8, 4) is 0 Å². The zero-order chi connectivity index (χ0) is 19.8. The van der Waals surface area contributed by atoms with Gasteiger partial charge in [-0.2, -0.15) is 0 Å². The summed E-state index contributed by atoms with van der Waals surface area (Å²) in [4.78, 5) is 40.9. The van der Waals surface area contributed by atoms with E-state index in [1.807, 2.05) is 13.0 Å². The zero-order valence-corrected chi connectivity index (χ0v) is 15.4. The third kappa shape index (κ3) is 3.39. The van der Waals surface area contributed by atoms with Gasteiger partial charge >= 0.3 is 5.97 Å². The summed E-state index contributed by atoms with van der Waals surface area (Å²) in [7, 11) is 0. The molecule has 0 spiro atoms. The van der Waals surface area contributed by atoms with E-state index in [0.717, 1.165) is 11.6 Å². The molecular formula is C20H13ClN2O5. The zero-order valence-electron chi connectivity index (χ0n) is 14.6. The quantitative estimate of drug-likeness (QED) is 0.494. The summed E-state index contributed by atoms with van der Waals surface area (Å²) in [6.07, 6.45) is 1.68. The summed E-state index contributed by atoms with van der Waals surface area (Å²) in [5, 5.41) is 0.655. The number of fused-ring (bicyclic) bond motifs is 2. The molecule has 3 aromatic heterocycles. The molecule has 1 aromatic carbocycles. The van der Waals surface area contributed by atoms with Gasteiger partial charge in [0.05, 0.1) is 11.1 Å². The first-order chi connectivity index (χ1) is 13.4. The van der Waals surface area contributed by atoms with Crippen molar-refractivity contribution in [1.29, 1.82) is 0 Å². The summed E-state index contributed by atoms with van der Waals surface area (Å²) in [5.74, 6) is -1.08. The first-order valence-corrected chi connectivity index (χ1v) is 8.68. The van der Waals surface area contributed by atoms with Gasteiger partial charge in [-0.1, -0.05) is 17.7 Å². The third-order valence-corrected chi connectivity index (χ3v) is 4.34. The lowest BCUT2D eigenvalue weighted by molar-refractivity contribution is 0.0431. The fraction of sp³-hybridized carbons (Fsp3) is 0.100. The summed E-state index contributed by atoms with van der Waals surface area (Å²) < 4.78 is 12.0. The first-order valence-electron chi connectivity index (χ1n) is 8.30. The van der Waals surface area contributed by atoms with Gasteiger partial charge in [-0.05, 0) is 36.8 Å². The fourth-order valence-electron chi connectivity index (χ4n) is 2.77. The Morgan fingerprint density at radius 1 is 1.18 bits per heavy atom. The van der Waals surface area contributed by atoms with E-state index in [-0.39, 0.29) is 34.6 Å². The second kappa shape index (κ2) is 6.94. The number of ether oxygens (including phenoxy) is 1. The van der Waals surface area contributed by atoms with Gasteiger partial charge in [0.25, 0.3) is 5.56 Å². The second-order valence-corrected chi connectivity index (χ2v) is 6.65. The molecule has 8 heteroatoms. The predicted octanol–water partition coefficient (Wildman–Crippen LogP) is 3.12. The van der Waals surface area contributed by atoms with Crippen molar-refractivity contribution in [1.82, 2.24) is 9.38 Å². The molecule has 4 aromatic rings. The molecule has 0 amide bonds. The number of benzene rings is 1. The van der Waals surface area contributed by atoms with Crippen molar-refractivity contribution in [2.75, 3.05) is 0 Å². The molecule has 140 valence electrons. The summed E-state index contributed by atoms with van der Waals surface area (Å²) in [5.41, 5.74) is 1.18. The van der Waals surface area contributed by atoms with Crippen LogP contribution in [-0.2, 0) is 11.3 Å². The Kier molecular flexibility index (Phi) is 4.44. The Bertz CT molecular complexity index is 1360. The van der Waals surface area contributed by atoms with Gasteiger partial charge in [0, 0.05) is 23.4 Å². The minimum Gasteiger partial charge on any atom is -0.453 e. The Labute approximate surface area is 162 Å². The average Bonchev–Trinajstić information content (AvgIpc) is 2.67. The molecule has 0 fully saturated rings. The number of halogens is 1. The average molecular weight is 397 g/mol. The maximum atomic E-state index is 12.3. The maximum absolute atomic E-state index is 12.3. The molecule has 28 heavy (non-hydrogen) atoms. The fourth-order valence-corrected chi connectivity index (χ4v) is 2.94. The Morgan fingerprint density at radius 2 is 2.00 bits per heavy atom. The Morgan fingerprint density at radius 3 is 2.82 bits per heavy atom. The number of aryl methyl sites for hydroxylation is 1. The van der Waals surface area contributed by atoms with Crippen molar-refractivity contribution in [2.24, 2.45) is 0 Å². The molecular weight excluding hydrogens is 384 g/mol. The van der Waals surface area contributed by atoms with Crippen molar-refractivity contribution in [3.05, 3.63) is 91.3 Å². The standard InChI is InChI=1S/C20H13ClN2O5/c1-11-2-5-18-22-13(7-19(25)23(18)9-11)10-27-20(26)17-8-15(24)14-6-12(21)3-4-16(14)28-17/h2-9H,10H2,1H3. The first kappa shape index (κ1) is 17.9. The van der Waals surface area contributed by atoms with Crippen LogP contribution in [0.1, 0.15) is 21.8 Å². The number of rotatable bonds is 3. The lowest BCUT2D eigenvalue weighted by Gasteiger charge is -2.07. The molecule has 0 aliphatic heterocycles. The highest BCUT2D eigenvalue weighted by molar-refractivity contribution is 6.31. The van der Waals surface area contributed by atoms with Crippen LogP contribution in [0.2, 0.25) is 5.02 Å². The molecule has 0 bridgehead atoms. The van der Waals surface area contributed by atoms with Crippen LogP contribution in [0.25, 0.3) is 16.6 Å². The van der Waals surface area contributed by atoms with Gasteiger partial charge in [0.15, 0.2) is 5.43 Å². The second-order valence-electron chi connectivity index (χ2n) is 6.21. The Balaban J connectivity index is 1.59. The maximum Gasteiger partial charge on any atom is 0.374 e. The monoisotopic (exact) mass is 396 g/mol. The lowest BCUT2D eigenvalue weighted by atomic mass is 10.2. The van der Waals surface area contributed by atoms with Crippen molar-refractivity contribution in [3.63, 3.8) is 0 Å². The highest BCUT2D eigenvalue weighted by atomic mass is 35.5. The molecule has 4 rings (SSSR count). The van der Waals surface area contributed by atoms with Gasteiger partial charge in [0.2, 0.25) is 5.76 Å². The molecule has 0 saturated carbocycles. The van der Waals surface area contributed by atoms with Gasteiger partial charge in [-0.25, -0.2) is 9.78 Å². The van der Waals surface area contributed by atoms with Crippen LogP contribution in [-0.4, -0.2) is 15.4 Å². The van der Waals surface area contributed by atoms with E-state index in [9.17, 15) is 14.4 Å². The van der Waals surface area contributed by atoms with Gasteiger partial charge in [-0.3, -0.25) is 14.0 Å². The van der Waals surface area contributed by atoms with E-state index in [2.05, 4.69) is 4.98 Å². The molecule has 7 nitrogen and oxygen atoms in total. The van der Waals surface area contributed by atoms with Crippen LogP contribution in [0.4, 0.5) is 0 Å². The van der Waals surface area contributed by atoms with E-state index in [1.54, 1.807) is 18.3 Å². The van der Waals surface area contributed by atoms with E-state index >= 15 is 0 Å². The summed E-state index contributed by atoms with van der Waals surface area (Å²) >= 11 is 5.87. The molecule has 0 aliphatic rings. The SMILES string of the molecule is Cc1ccc2nc(COC(=O)c3cc(=O)c4cc(Cl)ccc4o3)cc(=O)n2c1. The topological polar surface area (TPSA) is 90.9 Å². The number of carbonyl (C=O) groups is 1. The van der Waals surface area contributed by atoms with Crippen LogP contribution in [0, 0.1) is 6.92 Å².